The van der Waals surface area contributed by atoms with Crippen LogP contribution in [-0.2, 0) is 4.79 Å². The number of urea groups is 1. The second-order valence-electron chi connectivity index (χ2n) is 4.22. The Morgan fingerprint density at radius 1 is 1.40 bits per heavy atom. The molecule has 1 aliphatic carbocycles. The number of aliphatic hydroxyl groups excluding tert-OH is 1. The lowest BCUT2D eigenvalue weighted by Gasteiger charge is -2.19. The van der Waals surface area contributed by atoms with Gasteiger partial charge in [0, 0.05) is 5.54 Å². The van der Waals surface area contributed by atoms with Gasteiger partial charge in [-0.1, -0.05) is 0 Å². The van der Waals surface area contributed by atoms with Crippen LogP contribution in [0.5, 0.6) is 0 Å². The summed E-state index contributed by atoms with van der Waals surface area (Å²) in [6, 6.07) is -1.82. The summed E-state index contributed by atoms with van der Waals surface area (Å²) < 4.78 is 0. The number of hydrogen-bond acceptors (Lipinski definition) is 3. The third-order valence-electron chi connectivity index (χ3n) is 2.45. The molecule has 0 radical (unpaired) electrons. The Labute approximate surface area is 87.7 Å². The molecule has 0 saturated heterocycles. The third-order valence-corrected chi connectivity index (χ3v) is 2.45. The minimum atomic E-state index is -1.27. The molecule has 86 valence electrons. The summed E-state index contributed by atoms with van der Waals surface area (Å²) in [5.74, 6) is -1.25. The largest absolute Gasteiger partial charge is 0.480 e. The lowest BCUT2D eigenvalue weighted by molar-refractivity contribution is -0.141. The van der Waals surface area contributed by atoms with Crippen molar-refractivity contribution in [2.24, 2.45) is 0 Å². The standard InChI is InChI=1S/C9H16N2O4/c1-5(12)6(7(13)14)10-8(15)11-9(2)3-4-9/h5-6,12H,3-4H2,1-2H3,(H,13,14)(H2,10,11,15). The van der Waals surface area contributed by atoms with E-state index in [0.717, 1.165) is 12.8 Å². The molecule has 0 aromatic rings. The molecule has 15 heavy (non-hydrogen) atoms. The van der Waals surface area contributed by atoms with Gasteiger partial charge >= 0.3 is 12.0 Å². The number of carbonyl (C=O) groups is 2. The summed E-state index contributed by atoms with van der Waals surface area (Å²) in [5, 5.41) is 22.7. The smallest absolute Gasteiger partial charge is 0.328 e. The summed E-state index contributed by atoms with van der Waals surface area (Å²) >= 11 is 0. The number of amides is 2. The maximum Gasteiger partial charge on any atom is 0.328 e. The van der Waals surface area contributed by atoms with Crippen LogP contribution in [0.4, 0.5) is 4.79 Å². The van der Waals surface area contributed by atoms with Crippen molar-refractivity contribution in [1.29, 1.82) is 0 Å². The summed E-state index contributed by atoms with van der Waals surface area (Å²) in [4.78, 5) is 22.0. The average Bonchev–Trinajstić information content (AvgIpc) is 2.78. The van der Waals surface area contributed by atoms with Crippen LogP contribution in [-0.4, -0.2) is 39.9 Å². The van der Waals surface area contributed by atoms with Crippen LogP contribution in [0.3, 0.4) is 0 Å². The molecule has 1 rings (SSSR count). The van der Waals surface area contributed by atoms with Crippen molar-refractivity contribution in [3.8, 4) is 0 Å². The fourth-order valence-corrected chi connectivity index (χ4v) is 1.15. The van der Waals surface area contributed by atoms with Crippen LogP contribution >= 0.6 is 0 Å². The van der Waals surface area contributed by atoms with Crippen LogP contribution < -0.4 is 10.6 Å². The zero-order chi connectivity index (χ0) is 11.6. The highest BCUT2D eigenvalue weighted by atomic mass is 16.4. The van der Waals surface area contributed by atoms with Crippen molar-refractivity contribution in [1.82, 2.24) is 10.6 Å². The first-order valence-corrected chi connectivity index (χ1v) is 4.84. The highest BCUT2D eigenvalue weighted by molar-refractivity contribution is 5.83. The number of aliphatic hydroxyl groups is 1. The molecule has 6 nitrogen and oxygen atoms in total. The van der Waals surface area contributed by atoms with Gasteiger partial charge in [-0.3, -0.25) is 0 Å². The molecule has 1 aliphatic rings. The molecule has 0 aromatic heterocycles. The Morgan fingerprint density at radius 3 is 2.27 bits per heavy atom. The van der Waals surface area contributed by atoms with E-state index >= 15 is 0 Å². The predicted octanol–water partition coefficient (Wildman–Crippen LogP) is -0.328. The molecule has 6 heteroatoms. The molecule has 2 unspecified atom stereocenters. The molecule has 1 fully saturated rings. The quantitative estimate of drug-likeness (QED) is 0.517. The van der Waals surface area contributed by atoms with E-state index in [-0.39, 0.29) is 5.54 Å². The number of nitrogens with one attached hydrogen (secondary N) is 2. The highest BCUT2D eigenvalue weighted by Gasteiger charge is 2.39. The van der Waals surface area contributed by atoms with Gasteiger partial charge in [0.15, 0.2) is 6.04 Å². The van der Waals surface area contributed by atoms with Crippen molar-refractivity contribution in [2.45, 2.75) is 44.4 Å². The van der Waals surface area contributed by atoms with Gasteiger partial charge in [0.2, 0.25) is 0 Å². The first kappa shape index (κ1) is 11.8. The number of carbonyl (C=O) groups excluding carboxylic acids is 1. The zero-order valence-corrected chi connectivity index (χ0v) is 8.78. The van der Waals surface area contributed by atoms with Gasteiger partial charge in [-0.25, -0.2) is 9.59 Å². The second-order valence-corrected chi connectivity index (χ2v) is 4.22. The van der Waals surface area contributed by atoms with E-state index in [1.807, 2.05) is 6.92 Å². The molecule has 0 bridgehead atoms. The molecule has 1 saturated carbocycles. The highest BCUT2D eigenvalue weighted by Crippen LogP contribution is 2.33. The van der Waals surface area contributed by atoms with Crippen LogP contribution in [0.1, 0.15) is 26.7 Å². The Hall–Kier alpha value is -1.30. The molecule has 0 aromatic carbocycles. The van der Waals surface area contributed by atoms with Gasteiger partial charge in [-0.2, -0.15) is 0 Å². The fraction of sp³-hybridized carbons (Fsp3) is 0.778. The van der Waals surface area contributed by atoms with Crippen LogP contribution in [0, 0.1) is 0 Å². The Bertz CT molecular complexity index is 273. The lowest BCUT2D eigenvalue weighted by atomic mass is 10.2. The number of rotatable bonds is 4. The van der Waals surface area contributed by atoms with Gasteiger partial charge in [-0.05, 0) is 26.7 Å². The summed E-state index contributed by atoms with van der Waals surface area (Å²) in [5.41, 5.74) is -0.203. The Kier molecular flexibility index (Phi) is 3.18. The maximum atomic E-state index is 11.3. The zero-order valence-electron chi connectivity index (χ0n) is 8.78. The van der Waals surface area contributed by atoms with E-state index < -0.39 is 24.1 Å². The third kappa shape index (κ3) is 3.39. The number of aliphatic carboxylic acids is 1. The van der Waals surface area contributed by atoms with Crippen molar-refractivity contribution < 1.29 is 19.8 Å². The van der Waals surface area contributed by atoms with E-state index in [1.54, 1.807) is 0 Å². The van der Waals surface area contributed by atoms with Gasteiger partial charge in [0.25, 0.3) is 0 Å². The average molecular weight is 216 g/mol. The van der Waals surface area contributed by atoms with Crippen molar-refractivity contribution in [3.63, 3.8) is 0 Å². The molecule has 0 spiro atoms. The minimum absolute atomic E-state index is 0.203. The second kappa shape index (κ2) is 4.06. The van der Waals surface area contributed by atoms with Gasteiger partial charge in [-0.15, -0.1) is 0 Å². The minimum Gasteiger partial charge on any atom is -0.480 e. The van der Waals surface area contributed by atoms with Crippen molar-refractivity contribution >= 4 is 12.0 Å². The molecule has 4 N–H and O–H groups in total. The van der Waals surface area contributed by atoms with E-state index in [2.05, 4.69) is 10.6 Å². The monoisotopic (exact) mass is 216 g/mol. The summed E-state index contributed by atoms with van der Waals surface area (Å²) in [6.07, 6.45) is 0.667. The van der Waals surface area contributed by atoms with E-state index in [4.69, 9.17) is 10.2 Å². The summed E-state index contributed by atoms with van der Waals surface area (Å²) in [7, 11) is 0. The molecule has 2 atom stereocenters. The van der Waals surface area contributed by atoms with E-state index in [9.17, 15) is 9.59 Å². The Morgan fingerprint density at radius 2 is 1.93 bits per heavy atom. The van der Waals surface area contributed by atoms with Crippen molar-refractivity contribution in [2.75, 3.05) is 0 Å². The van der Waals surface area contributed by atoms with Gasteiger partial charge < -0.3 is 20.8 Å². The predicted molar refractivity (Wildman–Crippen MR) is 52.4 cm³/mol. The normalized spacial score (nSPS) is 21.3. The first-order valence-electron chi connectivity index (χ1n) is 4.84. The van der Waals surface area contributed by atoms with E-state index in [1.165, 1.54) is 6.92 Å². The molecule has 2 amide bonds. The molecule has 0 aliphatic heterocycles. The SMILES string of the molecule is CC(O)C(NC(=O)NC1(C)CC1)C(=O)O. The van der Waals surface area contributed by atoms with Crippen LogP contribution in [0.2, 0.25) is 0 Å². The fourth-order valence-electron chi connectivity index (χ4n) is 1.15. The lowest BCUT2D eigenvalue weighted by Crippen LogP contribution is -2.53. The molecular weight excluding hydrogens is 200 g/mol. The van der Waals surface area contributed by atoms with Gasteiger partial charge in [0.1, 0.15) is 0 Å². The van der Waals surface area contributed by atoms with Gasteiger partial charge in [0.05, 0.1) is 6.10 Å². The van der Waals surface area contributed by atoms with Crippen LogP contribution in [0.25, 0.3) is 0 Å². The number of hydrogen-bond donors (Lipinski definition) is 4. The van der Waals surface area contributed by atoms with Crippen LogP contribution in [0.15, 0.2) is 0 Å². The number of carboxylic acid groups (broad SMARTS) is 1. The molecular formula is C9H16N2O4. The first-order chi connectivity index (χ1) is 6.84. The Balaban J connectivity index is 2.44. The van der Waals surface area contributed by atoms with E-state index in [0.29, 0.717) is 0 Å². The molecule has 0 heterocycles. The summed E-state index contributed by atoms with van der Waals surface area (Å²) in [6.45, 7) is 3.20. The van der Waals surface area contributed by atoms with Crippen molar-refractivity contribution in [3.05, 3.63) is 0 Å². The maximum absolute atomic E-state index is 11.3. The number of carboxylic acids is 1. The topological polar surface area (TPSA) is 98.7 Å².